The number of amides is 1. The molecular weight excluding hydrogens is 275 g/mol. The monoisotopic (exact) mass is 294 g/mol. The Kier molecular flexibility index (Phi) is 4.90. The molecule has 1 unspecified atom stereocenters. The number of piperidine rings is 1. The molecule has 114 valence electrons. The van der Waals surface area contributed by atoms with Gasteiger partial charge in [-0.2, -0.15) is 0 Å². The van der Waals surface area contributed by atoms with Crippen molar-refractivity contribution in [2.45, 2.75) is 31.8 Å². The first kappa shape index (κ1) is 15.4. The summed E-state index contributed by atoms with van der Waals surface area (Å²) in [5.74, 6) is -1.42. The van der Waals surface area contributed by atoms with Gasteiger partial charge in [0, 0.05) is 24.7 Å². The summed E-state index contributed by atoms with van der Waals surface area (Å²) in [4.78, 5) is 24.8. The van der Waals surface area contributed by atoms with E-state index in [0.29, 0.717) is 31.5 Å². The third-order valence-electron chi connectivity index (χ3n) is 3.88. The largest absolute Gasteiger partial charge is 0.480 e. The maximum atomic E-state index is 12.8. The Bertz CT molecular complexity index is 510. The minimum absolute atomic E-state index is 0.0276. The Morgan fingerprint density at radius 3 is 2.38 bits per heavy atom. The molecule has 1 atom stereocenters. The molecule has 1 aliphatic rings. The number of carbonyl (C=O) groups excluding carboxylic acids is 1. The Morgan fingerprint density at radius 2 is 1.86 bits per heavy atom. The molecule has 2 rings (SSSR count). The second-order valence-electron chi connectivity index (χ2n) is 5.30. The van der Waals surface area contributed by atoms with Gasteiger partial charge in [-0.1, -0.05) is 0 Å². The average Bonchev–Trinajstić information content (AvgIpc) is 2.47. The molecule has 2 N–H and O–H groups in total. The van der Waals surface area contributed by atoms with E-state index in [4.69, 9.17) is 5.11 Å². The zero-order chi connectivity index (χ0) is 15.4. The highest BCUT2D eigenvalue weighted by atomic mass is 19.1. The van der Waals surface area contributed by atoms with Gasteiger partial charge in [0.25, 0.3) is 5.91 Å². The third-order valence-corrected chi connectivity index (χ3v) is 3.88. The molecule has 1 amide bonds. The summed E-state index contributed by atoms with van der Waals surface area (Å²) >= 11 is 0. The van der Waals surface area contributed by atoms with E-state index in [9.17, 15) is 14.0 Å². The summed E-state index contributed by atoms with van der Waals surface area (Å²) in [6.45, 7) is 2.95. The van der Waals surface area contributed by atoms with E-state index in [1.807, 2.05) is 4.90 Å². The summed E-state index contributed by atoms with van der Waals surface area (Å²) in [6.07, 6.45) is 1.43. The van der Waals surface area contributed by atoms with Crippen LogP contribution in [0.5, 0.6) is 0 Å². The van der Waals surface area contributed by atoms with Crippen LogP contribution in [0.25, 0.3) is 0 Å². The lowest BCUT2D eigenvalue weighted by Crippen LogP contribution is -2.49. The minimum atomic E-state index is -0.830. The lowest BCUT2D eigenvalue weighted by molar-refractivity contribution is -0.143. The number of benzene rings is 1. The first-order valence-corrected chi connectivity index (χ1v) is 7.00. The van der Waals surface area contributed by atoms with Gasteiger partial charge in [0.15, 0.2) is 0 Å². The van der Waals surface area contributed by atoms with Crippen molar-refractivity contribution in [1.82, 2.24) is 10.2 Å². The molecule has 0 radical (unpaired) electrons. The molecule has 1 fully saturated rings. The van der Waals surface area contributed by atoms with Crippen LogP contribution in [0.4, 0.5) is 4.39 Å². The number of carbonyl (C=O) groups is 2. The van der Waals surface area contributed by atoms with Crippen molar-refractivity contribution < 1.29 is 19.1 Å². The van der Waals surface area contributed by atoms with Crippen molar-refractivity contribution in [2.75, 3.05) is 13.1 Å². The van der Waals surface area contributed by atoms with E-state index in [0.717, 1.165) is 0 Å². The zero-order valence-corrected chi connectivity index (χ0v) is 11.9. The molecule has 5 nitrogen and oxygen atoms in total. The fourth-order valence-corrected chi connectivity index (χ4v) is 2.46. The minimum Gasteiger partial charge on any atom is -0.480 e. The molecule has 0 spiro atoms. The van der Waals surface area contributed by atoms with Crippen LogP contribution in [0.1, 0.15) is 30.1 Å². The van der Waals surface area contributed by atoms with Gasteiger partial charge >= 0.3 is 5.97 Å². The van der Waals surface area contributed by atoms with Gasteiger partial charge < -0.3 is 10.4 Å². The molecule has 1 aromatic carbocycles. The average molecular weight is 294 g/mol. The van der Waals surface area contributed by atoms with Crippen LogP contribution in [0.15, 0.2) is 24.3 Å². The Labute approximate surface area is 122 Å². The van der Waals surface area contributed by atoms with Gasteiger partial charge in [-0.15, -0.1) is 0 Å². The molecule has 1 aliphatic heterocycles. The predicted octanol–water partition coefficient (Wildman–Crippen LogP) is 1.49. The van der Waals surface area contributed by atoms with E-state index in [1.54, 1.807) is 6.92 Å². The quantitative estimate of drug-likeness (QED) is 0.883. The molecule has 0 aliphatic carbocycles. The Hall–Kier alpha value is -1.95. The van der Waals surface area contributed by atoms with Crippen molar-refractivity contribution in [3.05, 3.63) is 35.6 Å². The topological polar surface area (TPSA) is 69.6 Å². The van der Waals surface area contributed by atoms with Crippen molar-refractivity contribution in [3.8, 4) is 0 Å². The summed E-state index contributed by atoms with van der Waals surface area (Å²) in [5.41, 5.74) is 0.428. The Balaban J connectivity index is 1.84. The zero-order valence-electron chi connectivity index (χ0n) is 11.9. The number of carboxylic acid groups (broad SMARTS) is 1. The van der Waals surface area contributed by atoms with E-state index in [-0.39, 0.29) is 17.8 Å². The smallest absolute Gasteiger partial charge is 0.320 e. The number of carboxylic acids is 1. The molecule has 1 aromatic rings. The summed E-state index contributed by atoms with van der Waals surface area (Å²) < 4.78 is 12.8. The molecule has 0 aromatic heterocycles. The molecular formula is C15H19FN2O3. The van der Waals surface area contributed by atoms with E-state index in [2.05, 4.69) is 5.32 Å². The van der Waals surface area contributed by atoms with Crippen LogP contribution in [0, 0.1) is 5.82 Å². The van der Waals surface area contributed by atoms with Gasteiger partial charge in [-0.25, -0.2) is 4.39 Å². The third kappa shape index (κ3) is 4.01. The summed E-state index contributed by atoms with van der Waals surface area (Å²) in [5, 5.41) is 11.9. The van der Waals surface area contributed by atoms with E-state index < -0.39 is 12.0 Å². The highest BCUT2D eigenvalue weighted by molar-refractivity contribution is 5.94. The maximum Gasteiger partial charge on any atom is 0.320 e. The van der Waals surface area contributed by atoms with Gasteiger partial charge in [0.1, 0.15) is 11.9 Å². The number of likely N-dealkylation sites (tertiary alicyclic amines) is 1. The van der Waals surface area contributed by atoms with Crippen LogP contribution >= 0.6 is 0 Å². The predicted molar refractivity (Wildman–Crippen MR) is 75.6 cm³/mol. The molecule has 0 saturated carbocycles. The molecule has 1 heterocycles. The fourth-order valence-electron chi connectivity index (χ4n) is 2.46. The highest BCUT2D eigenvalue weighted by Crippen LogP contribution is 2.14. The van der Waals surface area contributed by atoms with Gasteiger partial charge in [0.2, 0.25) is 0 Å². The number of aliphatic carboxylic acids is 1. The van der Waals surface area contributed by atoms with Crippen LogP contribution in [0.2, 0.25) is 0 Å². The normalized spacial score (nSPS) is 18.2. The molecule has 0 bridgehead atoms. The summed E-state index contributed by atoms with van der Waals surface area (Å²) in [7, 11) is 0. The number of nitrogens with one attached hydrogen (secondary N) is 1. The number of hydrogen-bond donors (Lipinski definition) is 2. The Morgan fingerprint density at radius 1 is 1.29 bits per heavy atom. The lowest BCUT2D eigenvalue weighted by atomic mass is 10.0. The highest BCUT2D eigenvalue weighted by Gasteiger charge is 2.27. The standard InChI is InChI=1S/C15H19FN2O3/c1-10(15(20)21)18-8-6-13(7-9-18)17-14(19)11-2-4-12(16)5-3-11/h2-5,10,13H,6-9H2,1H3,(H,17,19)(H,20,21). The lowest BCUT2D eigenvalue weighted by Gasteiger charge is -2.34. The summed E-state index contributed by atoms with van der Waals surface area (Å²) in [6, 6.07) is 4.94. The first-order valence-electron chi connectivity index (χ1n) is 7.00. The van der Waals surface area contributed by atoms with Crippen LogP contribution in [0.3, 0.4) is 0 Å². The number of hydrogen-bond acceptors (Lipinski definition) is 3. The van der Waals surface area contributed by atoms with Crippen molar-refractivity contribution in [3.63, 3.8) is 0 Å². The molecule has 6 heteroatoms. The fraction of sp³-hybridized carbons (Fsp3) is 0.467. The maximum absolute atomic E-state index is 12.8. The van der Waals surface area contributed by atoms with Gasteiger partial charge in [0.05, 0.1) is 0 Å². The molecule has 1 saturated heterocycles. The van der Waals surface area contributed by atoms with Crippen LogP contribution < -0.4 is 5.32 Å². The second-order valence-corrected chi connectivity index (χ2v) is 5.30. The first-order chi connectivity index (χ1) is 9.97. The van der Waals surface area contributed by atoms with Crippen molar-refractivity contribution in [1.29, 1.82) is 0 Å². The number of halogens is 1. The van der Waals surface area contributed by atoms with Crippen LogP contribution in [-0.4, -0.2) is 47.1 Å². The van der Waals surface area contributed by atoms with Crippen molar-refractivity contribution in [2.24, 2.45) is 0 Å². The number of rotatable bonds is 4. The number of nitrogens with zero attached hydrogens (tertiary/aromatic N) is 1. The van der Waals surface area contributed by atoms with Crippen LogP contribution in [-0.2, 0) is 4.79 Å². The van der Waals surface area contributed by atoms with Crippen molar-refractivity contribution >= 4 is 11.9 Å². The van der Waals surface area contributed by atoms with Gasteiger partial charge in [-0.05, 0) is 44.0 Å². The van der Waals surface area contributed by atoms with E-state index >= 15 is 0 Å². The van der Waals surface area contributed by atoms with E-state index in [1.165, 1.54) is 24.3 Å². The SMILES string of the molecule is CC(C(=O)O)N1CCC(NC(=O)c2ccc(F)cc2)CC1. The van der Waals surface area contributed by atoms with Gasteiger partial charge in [-0.3, -0.25) is 14.5 Å². The second kappa shape index (κ2) is 6.67. The molecule has 21 heavy (non-hydrogen) atoms.